The number of rotatable bonds is 1. The van der Waals surface area contributed by atoms with Gasteiger partial charge in [-0.05, 0) is 0 Å². The Hall–Kier alpha value is -0.370. The smallest absolute Gasteiger partial charge is 0.145 e. The molecular weight excluding hydrogens is 128 g/mol. The Labute approximate surface area is 53.0 Å². The lowest BCUT2D eigenvalue weighted by atomic mass is 10.6. The first-order chi connectivity index (χ1) is 3.93. The standard InChI is InChI=1S/C5H7ClO2/c6-3-5-4-7-1-2-8-5/h4H,1-3H2. The summed E-state index contributed by atoms with van der Waals surface area (Å²) in [7, 11) is 0. The third kappa shape index (κ3) is 1.30. The number of allylic oxidation sites excluding steroid dienone is 1. The van der Waals surface area contributed by atoms with Crippen molar-refractivity contribution >= 4 is 11.6 Å². The Morgan fingerprint density at radius 2 is 2.50 bits per heavy atom. The van der Waals surface area contributed by atoms with Crippen LogP contribution in [0.3, 0.4) is 0 Å². The molecule has 0 aliphatic carbocycles. The van der Waals surface area contributed by atoms with Crippen molar-refractivity contribution < 1.29 is 9.47 Å². The third-order valence-corrected chi connectivity index (χ3v) is 1.10. The molecule has 0 atom stereocenters. The van der Waals surface area contributed by atoms with Gasteiger partial charge in [-0.15, -0.1) is 11.6 Å². The van der Waals surface area contributed by atoms with Crippen LogP contribution in [0.4, 0.5) is 0 Å². The van der Waals surface area contributed by atoms with Crippen LogP contribution >= 0.6 is 11.6 Å². The predicted molar refractivity (Wildman–Crippen MR) is 30.7 cm³/mol. The summed E-state index contributed by atoms with van der Waals surface area (Å²) in [5.41, 5.74) is 0. The van der Waals surface area contributed by atoms with Crippen LogP contribution in [0, 0.1) is 0 Å². The van der Waals surface area contributed by atoms with E-state index in [0.29, 0.717) is 19.1 Å². The van der Waals surface area contributed by atoms with Gasteiger partial charge in [-0.3, -0.25) is 0 Å². The summed E-state index contributed by atoms with van der Waals surface area (Å²) in [5, 5.41) is 0. The second kappa shape index (κ2) is 2.82. The zero-order chi connectivity index (χ0) is 5.82. The van der Waals surface area contributed by atoms with Crippen molar-refractivity contribution in [3.63, 3.8) is 0 Å². The van der Waals surface area contributed by atoms with Crippen LogP contribution in [0.1, 0.15) is 0 Å². The summed E-state index contributed by atoms with van der Waals surface area (Å²) >= 11 is 5.41. The lowest BCUT2D eigenvalue weighted by molar-refractivity contribution is 0.0865. The van der Waals surface area contributed by atoms with Gasteiger partial charge in [-0.25, -0.2) is 0 Å². The SMILES string of the molecule is ClCC1=COCCO1. The highest BCUT2D eigenvalue weighted by Gasteiger charge is 2.00. The first kappa shape index (κ1) is 5.76. The molecule has 1 rings (SSSR count). The summed E-state index contributed by atoms with van der Waals surface area (Å²) in [6.45, 7) is 1.26. The highest BCUT2D eigenvalue weighted by molar-refractivity contribution is 6.19. The molecule has 46 valence electrons. The van der Waals surface area contributed by atoms with E-state index >= 15 is 0 Å². The number of alkyl halides is 1. The van der Waals surface area contributed by atoms with Crippen LogP contribution in [0.5, 0.6) is 0 Å². The van der Waals surface area contributed by atoms with E-state index in [-0.39, 0.29) is 0 Å². The van der Waals surface area contributed by atoms with E-state index in [0.717, 1.165) is 5.76 Å². The quantitative estimate of drug-likeness (QED) is 0.501. The molecule has 0 aromatic carbocycles. The Balaban J connectivity index is 2.37. The van der Waals surface area contributed by atoms with Gasteiger partial charge in [0.25, 0.3) is 0 Å². The molecule has 0 spiro atoms. The summed E-state index contributed by atoms with van der Waals surface area (Å²) in [5.74, 6) is 1.12. The molecule has 1 aliphatic rings. The van der Waals surface area contributed by atoms with E-state index in [1.54, 1.807) is 6.26 Å². The monoisotopic (exact) mass is 134 g/mol. The van der Waals surface area contributed by atoms with Gasteiger partial charge in [0, 0.05) is 0 Å². The minimum Gasteiger partial charge on any atom is -0.494 e. The summed E-state index contributed by atoms with van der Waals surface area (Å²) in [6, 6.07) is 0. The number of ether oxygens (including phenoxy) is 2. The van der Waals surface area contributed by atoms with Crippen LogP contribution in [-0.2, 0) is 9.47 Å². The van der Waals surface area contributed by atoms with E-state index < -0.39 is 0 Å². The van der Waals surface area contributed by atoms with Crippen LogP contribution < -0.4 is 0 Å². The average Bonchev–Trinajstić information content (AvgIpc) is 1.90. The van der Waals surface area contributed by atoms with Crippen molar-refractivity contribution in [2.24, 2.45) is 0 Å². The Morgan fingerprint density at radius 1 is 1.62 bits per heavy atom. The van der Waals surface area contributed by atoms with Crippen molar-refractivity contribution in [2.45, 2.75) is 0 Å². The fourth-order valence-corrected chi connectivity index (χ4v) is 0.617. The second-order valence-corrected chi connectivity index (χ2v) is 1.70. The van der Waals surface area contributed by atoms with E-state index in [4.69, 9.17) is 21.1 Å². The van der Waals surface area contributed by atoms with Crippen molar-refractivity contribution in [3.8, 4) is 0 Å². The minimum absolute atomic E-state index is 0.403. The van der Waals surface area contributed by atoms with Gasteiger partial charge < -0.3 is 9.47 Å². The van der Waals surface area contributed by atoms with Crippen molar-refractivity contribution in [1.82, 2.24) is 0 Å². The van der Waals surface area contributed by atoms with Gasteiger partial charge in [0.05, 0.1) is 5.88 Å². The normalized spacial score (nSPS) is 18.4. The molecule has 0 fully saturated rings. The summed E-state index contributed by atoms with van der Waals surface area (Å²) < 4.78 is 9.93. The fraction of sp³-hybridized carbons (Fsp3) is 0.600. The molecule has 0 unspecified atom stereocenters. The molecule has 0 amide bonds. The summed E-state index contributed by atoms with van der Waals surface area (Å²) in [4.78, 5) is 0. The van der Waals surface area contributed by atoms with E-state index in [9.17, 15) is 0 Å². The van der Waals surface area contributed by atoms with Crippen LogP contribution in [0.25, 0.3) is 0 Å². The molecule has 0 N–H and O–H groups in total. The number of hydrogen-bond acceptors (Lipinski definition) is 2. The molecule has 0 radical (unpaired) electrons. The topological polar surface area (TPSA) is 18.5 Å². The number of hydrogen-bond donors (Lipinski definition) is 0. The molecule has 1 aliphatic heterocycles. The molecule has 3 heteroatoms. The largest absolute Gasteiger partial charge is 0.494 e. The highest BCUT2D eigenvalue weighted by Crippen LogP contribution is 2.04. The lowest BCUT2D eigenvalue weighted by Gasteiger charge is -2.12. The zero-order valence-corrected chi connectivity index (χ0v) is 5.15. The van der Waals surface area contributed by atoms with Gasteiger partial charge >= 0.3 is 0 Å². The molecule has 0 saturated heterocycles. The molecule has 0 aromatic rings. The van der Waals surface area contributed by atoms with E-state index in [1.165, 1.54) is 0 Å². The predicted octanol–water partition coefficient (Wildman–Crippen LogP) is 1.11. The maximum absolute atomic E-state index is 5.41. The van der Waals surface area contributed by atoms with E-state index in [2.05, 4.69) is 0 Å². The lowest BCUT2D eigenvalue weighted by Crippen LogP contribution is -2.08. The Kier molecular flexibility index (Phi) is 2.03. The van der Waals surface area contributed by atoms with Gasteiger partial charge in [-0.2, -0.15) is 0 Å². The van der Waals surface area contributed by atoms with E-state index in [1.807, 2.05) is 0 Å². The van der Waals surface area contributed by atoms with Gasteiger partial charge in [0.2, 0.25) is 0 Å². The summed E-state index contributed by atoms with van der Waals surface area (Å²) in [6.07, 6.45) is 1.55. The first-order valence-corrected chi connectivity index (χ1v) is 2.96. The fourth-order valence-electron chi connectivity index (χ4n) is 0.477. The Bertz CT molecular complexity index is 101. The maximum Gasteiger partial charge on any atom is 0.145 e. The Morgan fingerprint density at radius 3 is 2.88 bits per heavy atom. The minimum atomic E-state index is 0.403. The van der Waals surface area contributed by atoms with Crippen LogP contribution in [0.2, 0.25) is 0 Å². The van der Waals surface area contributed by atoms with Gasteiger partial charge in [-0.1, -0.05) is 0 Å². The third-order valence-electron chi connectivity index (χ3n) is 0.835. The molecule has 8 heavy (non-hydrogen) atoms. The molecule has 0 aromatic heterocycles. The zero-order valence-electron chi connectivity index (χ0n) is 4.39. The second-order valence-electron chi connectivity index (χ2n) is 1.44. The molecular formula is C5H7ClO2. The van der Waals surface area contributed by atoms with Crippen molar-refractivity contribution in [3.05, 3.63) is 12.0 Å². The van der Waals surface area contributed by atoms with Gasteiger partial charge in [0.15, 0.2) is 0 Å². The van der Waals surface area contributed by atoms with Crippen molar-refractivity contribution in [2.75, 3.05) is 19.1 Å². The molecule has 0 saturated carbocycles. The maximum atomic E-state index is 5.41. The van der Waals surface area contributed by atoms with Crippen LogP contribution in [-0.4, -0.2) is 19.1 Å². The van der Waals surface area contributed by atoms with Crippen LogP contribution in [0.15, 0.2) is 12.0 Å². The molecule has 2 nitrogen and oxygen atoms in total. The molecule has 0 bridgehead atoms. The average molecular weight is 135 g/mol. The van der Waals surface area contributed by atoms with Crippen molar-refractivity contribution in [1.29, 1.82) is 0 Å². The first-order valence-electron chi connectivity index (χ1n) is 2.43. The van der Waals surface area contributed by atoms with Gasteiger partial charge in [0.1, 0.15) is 25.2 Å². The highest BCUT2D eigenvalue weighted by atomic mass is 35.5. The molecule has 1 heterocycles. The number of halogens is 1.